The highest BCUT2D eigenvalue weighted by atomic mass is 16.5. The number of nitrogens with two attached hydrogens (primary N) is 1. The molecule has 0 saturated heterocycles. The van der Waals surface area contributed by atoms with Crippen LogP contribution in [0.2, 0.25) is 0 Å². The first-order chi connectivity index (χ1) is 11.8. The molecule has 0 spiro atoms. The van der Waals surface area contributed by atoms with E-state index in [0.29, 0.717) is 17.6 Å². The molecule has 0 radical (unpaired) electrons. The van der Waals surface area contributed by atoms with Crippen molar-refractivity contribution in [2.45, 2.75) is 44.6 Å². The second kappa shape index (κ2) is 6.69. The van der Waals surface area contributed by atoms with E-state index in [-0.39, 0.29) is 6.04 Å². The summed E-state index contributed by atoms with van der Waals surface area (Å²) in [6.45, 7) is 0. The molecule has 1 atom stereocenters. The van der Waals surface area contributed by atoms with Gasteiger partial charge >= 0.3 is 0 Å². The lowest BCUT2D eigenvalue weighted by Crippen LogP contribution is -2.17. The van der Waals surface area contributed by atoms with E-state index in [9.17, 15) is 0 Å². The molecule has 2 aromatic heterocycles. The number of hydrogen-bond acceptors (Lipinski definition) is 5. The minimum Gasteiger partial charge on any atom is -0.337 e. The van der Waals surface area contributed by atoms with Crippen LogP contribution in [0.25, 0.3) is 22.3 Å². The molecule has 5 nitrogen and oxygen atoms in total. The molecule has 2 heterocycles. The van der Waals surface area contributed by atoms with Crippen molar-refractivity contribution in [2.24, 2.45) is 11.7 Å². The molecule has 0 aliphatic heterocycles. The zero-order valence-electron chi connectivity index (χ0n) is 13.7. The molecule has 1 aliphatic carbocycles. The number of benzene rings is 1. The highest BCUT2D eigenvalue weighted by Crippen LogP contribution is 2.31. The van der Waals surface area contributed by atoms with E-state index in [1.807, 2.05) is 24.3 Å². The normalized spacial score (nSPS) is 17.2. The molecule has 3 aromatic rings. The fourth-order valence-electron chi connectivity index (χ4n) is 3.66. The quantitative estimate of drug-likeness (QED) is 0.776. The van der Waals surface area contributed by atoms with Gasteiger partial charge in [-0.05, 0) is 23.8 Å². The van der Waals surface area contributed by atoms with Crippen LogP contribution in [0, 0.1) is 5.92 Å². The molecule has 1 aromatic carbocycles. The van der Waals surface area contributed by atoms with Gasteiger partial charge in [0.1, 0.15) is 5.69 Å². The van der Waals surface area contributed by atoms with Gasteiger partial charge in [-0.25, -0.2) is 0 Å². The van der Waals surface area contributed by atoms with Crippen LogP contribution in [-0.2, 0) is 0 Å². The SMILES string of the molecule is NC(CC1CCCCC1)c1nc(-c2nccc3ccccc23)no1. The molecule has 1 aliphatic rings. The van der Waals surface area contributed by atoms with Crippen molar-refractivity contribution in [1.29, 1.82) is 0 Å². The van der Waals surface area contributed by atoms with Gasteiger partial charge in [0.15, 0.2) is 0 Å². The summed E-state index contributed by atoms with van der Waals surface area (Å²) >= 11 is 0. The summed E-state index contributed by atoms with van der Waals surface area (Å²) < 4.78 is 5.45. The van der Waals surface area contributed by atoms with Crippen LogP contribution in [0.3, 0.4) is 0 Å². The lowest BCUT2D eigenvalue weighted by atomic mass is 9.85. The first kappa shape index (κ1) is 15.3. The van der Waals surface area contributed by atoms with Gasteiger partial charge < -0.3 is 10.3 Å². The van der Waals surface area contributed by atoms with Crippen LogP contribution in [-0.4, -0.2) is 15.1 Å². The van der Waals surface area contributed by atoms with Crippen molar-refractivity contribution in [3.05, 3.63) is 42.4 Å². The topological polar surface area (TPSA) is 77.8 Å². The van der Waals surface area contributed by atoms with E-state index in [2.05, 4.69) is 21.2 Å². The second-order valence-electron chi connectivity index (χ2n) is 6.68. The van der Waals surface area contributed by atoms with Crippen LogP contribution in [0.15, 0.2) is 41.1 Å². The van der Waals surface area contributed by atoms with Gasteiger partial charge in [-0.3, -0.25) is 4.98 Å². The standard InChI is InChI=1S/C19H22N4O/c20-16(12-13-6-2-1-3-7-13)19-22-18(23-24-19)17-15-9-5-4-8-14(15)10-11-21-17/h4-5,8-11,13,16H,1-3,6-7,12,20H2. The molecule has 0 amide bonds. The monoisotopic (exact) mass is 322 g/mol. The zero-order chi connectivity index (χ0) is 16.4. The average Bonchev–Trinajstić information content (AvgIpc) is 3.12. The minimum absolute atomic E-state index is 0.190. The first-order valence-electron chi connectivity index (χ1n) is 8.74. The van der Waals surface area contributed by atoms with Crippen LogP contribution in [0.4, 0.5) is 0 Å². The smallest absolute Gasteiger partial charge is 0.243 e. The van der Waals surface area contributed by atoms with Gasteiger partial charge in [0.05, 0.1) is 6.04 Å². The molecule has 124 valence electrons. The third kappa shape index (κ3) is 3.04. The van der Waals surface area contributed by atoms with E-state index in [0.717, 1.165) is 22.9 Å². The lowest BCUT2D eigenvalue weighted by molar-refractivity contribution is 0.284. The minimum atomic E-state index is -0.190. The van der Waals surface area contributed by atoms with Gasteiger partial charge in [0.25, 0.3) is 0 Å². The van der Waals surface area contributed by atoms with Crippen LogP contribution in [0.1, 0.15) is 50.5 Å². The third-order valence-electron chi connectivity index (χ3n) is 4.96. The van der Waals surface area contributed by atoms with Gasteiger partial charge in [-0.1, -0.05) is 61.5 Å². The number of fused-ring (bicyclic) bond motifs is 1. The van der Waals surface area contributed by atoms with E-state index in [1.165, 1.54) is 32.1 Å². The Balaban J connectivity index is 1.57. The Hall–Kier alpha value is -2.27. The molecule has 1 fully saturated rings. The maximum absolute atomic E-state index is 6.31. The predicted molar refractivity (Wildman–Crippen MR) is 93.2 cm³/mol. The van der Waals surface area contributed by atoms with Gasteiger partial charge in [-0.2, -0.15) is 4.98 Å². The Morgan fingerprint density at radius 3 is 2.83 bits per heavy atom. The second-order valence-corrected chi connectivity index (χ2v) is 6.68. The number of rotatable bonds is 4. The molecule has 0 bridgehead atoms. The van der Waals surface area contributed by atoms with E-state index < -0.39 is 0 Å². The Morgan fingerprint density at radius 2 is 1.96 bits per heavy atom. The molecular formula is C19H22N4O. The van der Waals surface area contributed by atoms with E-state index in [1.54, 1.807) is 6.20 Å². The Morgan fingerprint density at radius 1 is 1.12 bits per heavy atom. The summed E-state index contributed by atoms with van der Waals surface area (Å²) in [6, 6.07) is 9.86. The summed E-state index contributed by atoms with van der Waals surface area (Å²) in [5.74, 6) is 1.71. The zero-order valence-corrected chi connectivity index (χ0v) is 13.7. The fourth-order valence-corrected chi connectivity index (χ4v) is 3.66. The molecular weight excluding hydrogens is 300 g/mol. The molecule has 24 heavy (non-hydrogen) atoms. The summed E-state index contributed by atoms with van der Waals surface area (Å²) in [5, 5.41) is 6.26. The Labute approximate surface area is 141 Å². The summed E-state index contributed by atoms with van der Waals surface area (Å²) in [4.78, 5) is 8.97. The van der Waals surface area contributed by atoms with Crippen molar-refractivity contribution in [3.63, 3.8) is 0 Å². The first-order valence-corrected chi connectivity index (χ1v) is 8.74. The summed E-state index contributed by atoms with van der Waals surface area (Å²) in [5.41, 5.74) is 7.06. The number of aromatic nitrogens is 3. The summed E-state index contributed by atoms with van der Waals surface area (Å²) in [7, 11) is 0. The maximum Gasteiger partial charge on any atom is 0.243 e. The van der Waals surface area contributed by atoms with Crippen LogP contribution < -0.4 is 5.73 Å². The van der Waals surface area contributed by atoms with E-state index in [4.69, 9.17) is 10.3 Å². The Bertz CT molecular complexity index is 818. The van der Waals surface area contributed by atoms with Crippen molar-refractivity contribution in [1.82, 2.24) is 15.1 Å². The van der Waals surface area contributed by atoms with E-state index >= 15 is 0 Å². The largest absolute Gasteiger partial charge is 0.337 e. The molecule has 1 saturated carbocycles. The highest BCUT2D eigenvalue weighted by Gasteiger charge is 2.22. The number of nitrogens with zero attached hydrogens (tertiary/aromatic N) is 3. The third-order valence-corrected chi connectivity index (χ3v) is 4.96. The average molecular weight is 322 g/mol. The fraction of sp³-hybridized carbons (Fsp3) is 0.421. The number of pyridine rings is 1. The van der Waals surface area contributed by atoms with Gasteiger partial charge in [-0.15, -0.1) is 0 Å². The number of hydrogen-bond donors (Lipinski definition) is 1. The molecule has 2 N–H and O–H groups in total. The lowest BCUT2D eigenvalue weighted by Gasteiger charge is -2.22. The molecule has 5 heteroatoms. The van der Waals surface area contributed by atoms with Crippen molar-refractivity contribution in [3.8, 4) is 11.5 Å². The maximum atomic E-state index is 6.31. The van der Waals surface area contributed by atoms with Crippen molar-refractivity contribution in [2.75, 3.05) is 0 Å². The van der Waals surface area contributed by atoms with Crippen molar-refractivity contribution >= 4 is 10.8 Å². The molecule has 4 rings (SSSR count). The van der Waals surface area contributed by atoms with Crippen LogP contribution in [0.5, 0.6) is 0 Å². The Kier molecular flexibility index (Phi) is 4.26. The van der Waals surface area contributed by atoms with Crippen molar-refractivity contribution < 1.29 is 4.52 Å². The van der Waals surface area contributed by atoms with Crippen LogP contribution >= 0.6 is 0 Å². The highest BCUT2D eigenvalue weighted by molar-refractivity contribution is 5.92. The van der Waals surface area contributed by atoms with Gasteiger partial charge in [0.2, 0.25) is 11.7 Å². The molecule has 1 unspecified atom stereocenters. The van der Waals surface area contributed by atoms with Gasteiger partial charge in [0, 0.05) is 11.6 Å². The summed E-state index contributed by atoms with van der Waals surface area (Å²) in [6.07, 6.45) is 9.20. The predicted octanol–water partition coefficient (Wildman–Crippen LogP) is 4.26.